The average Bonchev–Trinajstić information content (AvgIpc) is 2.46. The molecule has 4 nitrogen and oxygen atoms in total. The summed E-state index contributed by atoms with van der Waals surface area (Å²) >= 11 is 0. The Kier molecular flexibility index (Phi) is 4.80. The molecule has 1 aliphatic rings. The van der Waals surface area contributed by atoms with Gasteiger partial charge in [-0.3, -0.25) is 4.79 Å². The Morgan fingerprint density at radius 3 is 2.95 bits per heavy atom. The zero-order chi connectivity index (χ0) is 13.7. The van der Waals surface area contributed by atoms with E-state index in [-0.39, 0.29) is 11.9 Å². The topological polar surface area (TPSA) is 41.6 Å². The Hall–Kier alpha value is -1.55. The highest BCUT2D eigenvalue weighted by Crippen LogP contribution is 2.19. The molecule has 1 aliphatic heterocycles. The van der Waals surface area contributed by atoms with E-state index in [9.17, 15) is 4.79 Å². The molecule has 0 bridgehead atoms. The van der Waals surface area contributed by atoms with Crippen LogP contribution in [-0.4, -0.2) is 44.1 Å². The number of nitrogens with one attached hydrogen (secondary N) is 1. The van der Waals surface area contributed by atoms with Crippen LogP contribution in [0.25, 0.3) is 0 Å². The van der Waals surface area contributed by atoms with Crippen molar-refractivity contribution in [1.82, 2.24) is 10.2 Å². The second kappa shape index (κ2) is 6.57. The molecule has 1 heterocycles. The van der Waals surface area contributed by atoms with E-state index in [1.165, 1.54) is 0 Å². The number of amides is 1. The first kappa shape index (κ1) is 13.9. The van der Waals surface area contributed by atoms with E-state index in [1.54, 1.807) is 7.11 Å². The van der Waals surface area contributed by atoms with E-state index in [0.29, 0.717) is 0 Å². The number of carbonyl (C=O) groups excluding carboxylic acids is 1. The summed E-state index contributed by atoms with van der Waals surface area (Å²) in [6.45, 7) is 1.63. The highest BCUT2D eigenvalue weighted by atomic mass is 16.5. The molecule has 1 unspecified atom stereocenters. The molecule has 0 aromatic heterocycles. The molecule has 0 saturated carbocycles. The van der Waals surface area contributed by atoms with Gasteiger partial charge in [0.2, 0.25) is 5.91 Å². The molecule has 1 amide bonds. The Labute approximate surface area is 114 Å². The molecule has 0 spiro atoms. The number of likely N-dealkylation sites (tertiary alicyclic amines) is 1. The number of benzene rings is 1. The van der Waals surface area contributed by atoms with E-state index < -0.39 is 0 Å². The normalized spacial score (nSPS) is 19.6. The fraction of sp³-hybridized carbons (Fsp3) is 0.533. The van der Waals surface area contributed by atoms with Gasteiger partial charge in [0.05, 0.1) is 13.2 Å². The molecule has 1 N–H and O–H groups in total. The number of likely N-dealkylation sites (N-methyl/N-ethyl adjacent to an activating group) is 1. The number of hydrogen-bond acceptors (Lipinski definition) is 3. The van der Waals surface area contributed by atoms with Crippen molar-refractivity contribution in [3.05, 3.63) is 29.8 Å². The molecule has 2 rings (SSSR count). The summed E-state index contributed by atoms with van der Waals surface area (Å²) in [6, 6.07) is 7.98. The third kappa shape index (κ3) is 3.26. The average molecular weight is 262 g/mol. The molecule has 1 aromatic carbocycles. The van der Waals surface area contributed by atoms with Crippen molar-refractivity contribution in [2.75, 3.05) is 27.2 Å². The molecular formula is C15H22N2O2. The SMILES string of the molecule is CNC1CCCN(CCc2ccccc2OC)C1=O. The number of methoxy groups -OCH3 is 1. The summed E-state index contributed by atoms with van der Waals surface area (Å²) in [6.07, 6.45) is 2.86. The number of carbonyl (C=O) groups is 1. The number of ether oxygens (including phenoxy) is 1. The zero-order valence-electron chi connectivity index (χ0n) is 11.7. The van der Waals surface area contributed by atoms with Crippen LogP contribution in [-0.2, 0) is 11.2 Å². The first-order valence-corrected chi connectivity index (χ1v) is 6.84. The maximum absolute atomic E-state index is 12.2. The molecule has 19 heavy (non-hydrogen) atoms. The Morgan fingerprint density at radius 2 is 2.21 bits per heavy atom. The van der Waals surface area contributed by atoms with E-state index in [4.69, 9.17) is 4.74 Å². The van der Waals surface area contributed by atoms with E-state index in [0.717, 1.165) is 43.7 Å². The first-order valence-electron chi connectivity index (χ1n) is 6.84. The van der Waals surface area contributed by atoms with Crippen LogP contribution in [0.1, 0.15) is 18.4 Å². The van der Waals surface area contributed by atoms with E-state index in [1.807, 2.05) is 30.1 Å². The molecule has 1 fully saturated rings. The van der Waals surface area contributed by atoms with Crippen LogP contribution in [0.3, 0.4) is 0 Å². The fourth-order valence-electron chi connectivity index (χ4n) is 2.60. The van der Waals surface area contributed by atoms with Gasteiger partial charge in [-0.25, -0.2) is 0 Å². The predicted octanol–water partition coefficient (Wildman–Crippen LogP) is 1.45. The third-order valence-electron chi connectivity index (χ3n) is 3.72. The summed E-state index contributed by atoms with van der Waals surface area (Å²) in [5.41, 5.74) is 1.16. The Bertz CT molecular complexity index is 434. The van der Waals surface area contributed by atoms with Crippen LogP contribution >= 0.6 is 0 Å². The highest BCUT2D eigenvalue weighted by Gasteiger charge is 2.26. The number of para-hydroxylation sites is 1. The van der Waals surface area contributed by atoms with Gasteiger partial charge in [-0.05, 0) is 37.9 Å². The summed E-state index contributed by atoms with van der Waals surface area (Å²) < 4.78 is 5.34. The monoisotopic (exact) mass is 262 g/mol. The smallest absolute Gasteiger partial charge is 0.239 e. The van der Waals surface area contributed by atoms with E-state index in [2.05, 4.69) is 11.4 Å². The van der Waals surface area contributed by atoms with Gasteiger partial charge >= 0.3 is 0 Å². The van der Waals surface area contributed by atoms with Crippen molar-refractivity contribution in [2.24, 2.45) is 0 Å². The molecule has 0 aliphatic carbocycles. The van der Waals surface area contributed by atoms with Crippen LogP contribution in [0.5, 0.6) is 5.75 Å². The molecule has 1 atom stereocenters. The van der Waals surface area contributed by atoms with Gasteiger partial charge in [0, 0.05) is 13.1 Å². The number of nitrogens with zero attached hydrogens (tertiary/aromatic N) is 1. The van der Waals surface area contributed by atoms with E-state index >= 15 is 0 Å². The van der Waals surface area contributed by atoms with Crippen molar-refractivity contribution < 1.29 is 9.53 Å². The molecular weight excluding hydrogens is 240 g/mol. The minimum atomic E-state index is -0.00795. The third-order valence-corrected chi connectivity index (χ3v) is 3.72. The quantitative estimate of drug-likeness (QED) is 0.873. The maximum Gasteiger partial charge on any atom is 0.239 e. The highest BCUT2D eigenvalue weighted by molar-refractivity contribution is 5.82. The summed E-state index contributed by atoms with van der Waals surface area (Å²) in [7, 11) is 3.54. The van der Waals surface area contributed by atoms with Crippen LogP contribution < -0.4 is 10.1 Å². The van der Waals surface area contributed by atoms with Crippen molar-refractivity contribution in [3.8, 4) is 5.75 Å². The maximum atomic E-state index is 12.2. The zero-order valence-corrected chi connectivity index (χ0v) is 11.7. The standard InChI is InChI=1S/C15H22N2O2/c1-16-13-7-5-10-17(15(13)18)11-9-12-6-3-4-8-14(12)19-2/h3-4,6,8,13,16H,5,7,9-11H2,1-2H3. The van der Waals surface area contributed by atoms with Crippen LogP contribution in [0.15, 0.2) is 24.3 Å². The minimum Gasteiger partial charge on any atom is -0.496 e. The van der Waals surface area contributed by atoms with Crippen molar-refractivity contribution in [1.29, 1.82) is 0 Å². The summed E-state index contributed by atoms with van der Waals surface area (Å²) in [4.78, 5) is 14.1. The van der Waals surface area contributed by atoms with Crippen molar-refractivity contribution >= 4 is 5.91 Å². The fourth-order valence-corrected chi connectivity index (χ4v) is 2.60. The van der Waals surface area contributed by atoms with Gasteiger partial charge in [-0.1, -0.05) is 18.2 Å². The van der Waals surface area contributed by atoms with Crippen LogP contribution in [0.2, 0.25) is 0 Å². The lowest BCUT2D eigenvalue weighted by Gasteiger charge is -2.32. The van der Waals surface area contributed by atoms with Gasteiger partial charge in [-0.2, -0.15) is 0 Å². The largest absolute Gasteiger partial charge is 0.496 e. The first-order chi connectivity index (χ1) is 9.26. The molecule has 4 heteroatoms. The van der Waals surface area contributed by atoms with Gasteiger partial charge in [0.1, 0.15) is 5.75 Å². The summed E-state index contributed by atoms with van der Waals surface area (Å²) in [5.74, 6) is 1.13. The Morgan fingerprint density at radius 1 is 1.42 bits per heavy atom. The number of piperidine rings is 1. The number of hydrogen-bond donors (Lipinski definition) is 1. The van der Waals surface area contributed by atoms with Gasteiger partial charge in [-0.15, -0.1) is 0 Å². The molecule has 1 aromatic rings. The lowest BCUT2D eigenvalue weighted by Crippen LogP contribution is -2.50. The predicted molar refractivity (Wildman–Crippen MR) is 75.4 cm³/mol. The molecule has 0 radical (unpaired) electrons. The minimum absolute atomic E-state index is 0.00795. The second-order valence-electron chi connectivity index (χ2n) is 4.87. The summed E-state index contributed by atoms with van der Waals surface area (Å²) in [5, 5.41) is 3.09. The lowest BCUT2D eigenvalue weighted by atomic mass is 10.0. The Balaban J connectivity index is 1.96. The molecule has 1 saturated heterocycles. The van der Waals surface area contributed by atoms with Gasteiger partial charge < -0.3 is 15.0 Å². The lowest BCUT2D eigenvalue weighted by molar-refractivity contribution is -0.135. The van der Waals surface area contributed by atoms with Crippen molar-refractivity contribution in [3.63, 3.8) is 0 Å². The van der Waals surface area contributed by atoms with Crippen LogP contribution in [0.4, 0.5) is 0 Å². The van der Waals surface area contributed by atoms with Gasteiger partial charge in [0.15, 0.2) is 0 Å². The van der Waals surface area contributed by atoms with Crippen LogP contribution in [0, 0.1) is 0 Å². The number of rotatable bonds is 5. The van der Waals surface area contributed by atoms with Gasteiger partial charge in [0.25, 0.3) is 0 Å². The second-order valence-corrected chi connectivity index (χ2v) is 4.87. The van der Waals surface area contributed by atoms with Crippen molar-refractivity contribution in [2.45, 2.75) is 25.3 Å². The molecule has 104 valence electrons.